The fourth-order valence-electron chi connectivity index (χ4n) is 1.72. The van der Waals surface area contributed by atoms with Crippen molar-refractivity contribution in [3.63, 3.8) is 0 Å². The number of aryl methyl sites for hydroxylation is 1. The number of thiophene rings is 1. The van der Waals surface area contributed by atoms with Gasteiger partial charge in [-0.25, -0.2) is 4.98 Å². The number of aromatic nitrogens is 1. The molecule has 0 saturated carbocycles. The number of hydrogen-bond donors (Lipinski definition) is 0. The lowest BCUT2D eigenvalue weighted by Gasteiger charge is -2.15. The van der Waals surface area contributed by atoms with Crippen molar-refractivity contribution in [1.29, 1.82) is 0 Å². The zero-order valence-corrected chi connectivity index (χ0v) is 13.9. The summed E-state index contributed by atoms with van der Waals surface area (Å²) >= 11 is 3.42. The van der Waals surface area contributed by atoms with Gasteiger partial charge in [0, 0.05) is 16.7 Å². The summed E-state index contributed by atoms with van der Waals surface area (Å²) in [5.74, 6) is -0.189. The van der Waals surface area contributed by atoms with Gasteiger partial charge in [0.05, 0.1) is 24.1 Å². The van der Waals surface area contributed by atoms with E-state index >= 15 is 0 Å². The molecule has 0 fully saturated rings. The van der Waals surface area contributed by atoms with E-state index in [0.717, 1.165) is 10.7 Å². The highest BCUT2D eigenvalue weighted by Crippen LogP contribution is 2.36. The van der Waals surface area contributed by atoms with Crippen LogP contribution in [0.15, 0.2) is 17.5 Å². The average Bonchev–Trinajstić information content (AvgIpc) is 3.03. The predicted molar refractivity (Wildman–Crippen MR) is 84.5 cm³/mol. The summed E-state index contributed by atoms with van der Waals surface area (Å²) in [4.78, 5) is 18.3. The number of ether oxygens (including phenoxy) is 1. The highest BCUT2D eigenvalue weighted by Gasteiger charge is 2.17. The minimum atomic E-state index is -0.189. The van der Waals surface area contributed by atoms with E-state index in [-0.39, 0.29) is 11.4 Å². The molecule has 2 rings (SSSR count). The van der Waals surface area contributed by atoms with Crippen molar-refractivity contribution in [2.45, 2.75) is 39.0 Å². The maximum absolute atomic E-state index is 11.1. The Hall–Kier alpha value is -1.20. The smallest absolute Gasteiger partial charge is 0.305 e. The molecular formula is C15H19NO2S2. The molecule has 0 atom stereocenters. The Morgan fingerprint density at radius 3 is 2.70 bits per heavy atom. The normalized spacial score (nSPS) is 11.6. The van der Waals surface area contributed by atoms with Gasteiger partial charge in [0.2, 0.25) is 0 Å². The standard InChI is InChI=1S/C15H19NO2S2/c1-15(2,3)12-7-6-11(20-12)14-16-10(9-19-14)5-8-13(17)18-4/h6-7,9H,5,8H2,1-4H3. The van der Waals surface area contributed by atoms with E-state index in [9.17, 15) is 4.79 Å². The Morgan fingerprint density at radius 1 is 1.35 bits per heavy atom. The molecule has 2 aromatic rings. The first-order chi connectivity index (χ1) is 9.40. The molecule has 0 aliphatic rings. The van der Waals surface area contributed by atoms with Crippen molar-refractivity contribution in [1.82, 2.24) is 4.98 Å². The molecule has 20 heavy (non-hydrogen) atoms. The Morgan fingerprint density at radius 2 is 2.10 bits per heavy atom. The van der Waals surface area contributed by atoms with Crippen LogP contribution in [0.2, 0.25) is 0 Å². The molecule has 2 aromatic heterocycles. The lowest BCUT2D eigenvalue weighted by Crippen LogP contribution is -2.07. The third kappa shape index (κ3) is 3.67. The minimum Gasteiger partial charge on any atom is -0.469 e. The van der Waals surface area contributed by atoms with Gasteiger partial charge in [0.15, 0.2) is 0 Å². The van der Waals surface area contributed by atoms with Crippen molar-refractivity contribution in [2.75, 3.05) is 7.11 Å². The number of methoxy groups -OCH3 is 1. The predicted octanol–water partition coefficient (Wildman–Crippen LogP) is 4.27. The molecule has 0 aliphatic carbocycles. The van der Waals surface area contributed by atoms with E-state index in [1.165, 1.54) is 16.9 Å². The lowest BCUT2D eigenvalue weighted by atomic mass is 9.95. The second kappa shape index (κ2) is 6.06. The molecule has 0 aromatic carbocycles. The van der Waals surface area contributed by atoms with Crippen LogP contribution in [0.1, 0.15) is 37.8 Å². The number of carbonyl (C=O) groups is 1. The van der Waals surface area contributed by atoms with Crippen molar-refractivity contribution >= 4 is 28.6 Å². The molecule has 108 valence electrons. The summed E-state index contributed by atoms with van der Waals surface area (Å²) in [6.07, 6.45) is 1.03. The number of nitrogens with zero attached hydrogens (tertiary/aromatic N) is 1. The van der Waals surface area contributed by atoms with E-state index in [0.29, 0.717) is 12.8 Å². The van der Waals surface area contributed by atoms with Crippen molar-refractivity contribution in [3.05, 3.63) is 28.1 Å². The zero-order valence-electron chi connectivity index (χ0n) is 12.2. The zero-order chi connectivity index (χ0) is 14.8. The van der Waals surface area contributed by atoms with E-state index in [1.54, 1.807) is 22.7 Å². The summed E-state index contributed by atoms with van der Waals surface area (Å²) in [5.41, 5.74) is 1.13. The minimum absolute atomic E-state index is 0.174. The monoisotopic (exact) mass is 309 g/mol. The van der Waals surface area contributed by atoms with Crippen LogP contribution < -0.4 is 0 Å². The lowest BCUT2D eigenvalue weighted by molar-refractivity contribution is -0.140. The van der Waals surface area contributed by atoms with Crippen molar-refractivity contribution in [3.8, 4) is 9.88 Å². The molecule has 0 N–H and O–H groups in total. The summed E-state index contributed by atoms with van der Waals surface area (Å²) in [6, 6.07) is 4.31. The first-order valence-corrected chi connectivity index (χ1v) is 8.21. The highest BCUT2D eigenvalue weighted by atomic mass is 32.1. The average molecular weight is 309 g/mol. The van der Waals surface area contributed by atoms with Crippen LogP contribution in [0, 0.1) is 0 Å². The van der Waals surface area contributed by atoms with Gasteiger partial charge in [0.1, 0.15) is 5.01 Å². The number of thiazole rings is 1. The van der Waals surface area contributed by atoms with E-state index in [2.05, 4.69) is 42.6 Å². The van der Waals surface area contributed by atoms with Crippen LogP contribution in [-0.4, -0.2) is 18.1 Å². The Labute approximate surface area is 127 Å². The number of esters is 1. The van der Waals surface area contributed by atoms with Crippen LogP contribution in [0.5, 0.6) is 0 Å². The third-order valence-electron chi connectivity index (χ3n) is 2.92. The highest BCUT2D eigenvalue weighted by molar-refractivity contribution is 7.21. The molecule has 3 nitrogen and oxygen atoms in total. The van der Waals surface area contributed by atoms with Crippen LogP contribution in [0.25, 0.3) is 9.88 Å². The molecule has 0 bridgehead atoms. The van der Waals surface area contributed by atoms with Gasteiger partial charge < -0.3 is 4.74 Å². The van der Waals surface area contributed by atoms with Crippen molar-refractivity contribution < 1.29 is 9.53 Å². The van der Waals surface area contributed by atoms with E-state index in [4.69, 9.17) is 0 Å². The largest absolute Gasteiger partial charge is 0.469 e. The van der Waals surface area contributed by atoms with Gasteiger partial charge in [-0.1, -0.05) is 20.8 Å². The summed E-state index contributed by atoms with van der Waals surface area (Å²) in [5, 5.41) is 3.06. The van der Waals surface area contributed by atoms with Gasteiger partial charge in [0.25, 0.3) is 0 Å². The van der Waals surface area contributed by atoms with Gasteiger partial charge >= 0.3 is 5.97 Å². The van der Waals surface area contributed by atoms with Crippen LogP contribution in [0.3, 0.4) is 0 Å². The SMILES string of the molecule is COC(=O)CCc1csc(-c2ccc(C(C)(C)C)s2)n1. The Bertz CT molecular complexity index is 593. The quantitative estimate of drug-likeness (QED) is 0.792. The summed E-state index contributed by atoms with van der Waals surface area (Å²) in [7, 11) is 1.41. The fourth-order valence-corrected chi connectivity index (χ4v) is 3.71. The molecule has 5 heteroatoms. The molecule has 0 saturated heterocycles. The Balaban J connectivity index is 2.09. The second-order valence-corrected chi connectivity index (χ2v) is 7.58. The van der Waals surface area contributed by atoms with Gasteiger partial charge in [-0.2, -0.15) is 0 Å². The van der Waals surface area contributed by atoms with Crippen molar-refractivity contribution in [2.24, 2.45) is 0 Å². The molecular weight excluding hydrogens is 290 g/mol. The Kier molecular flexibility index (Phi) is 4.60. The van der Waals surface area contributed by atoms with Crippen LogP contribution in [-0.2, 0) is 21.4 Å². The van der Waals surface area contributed by atoms with Gasteiger partial charge in [-0.3, -0.25) is 4.79 Å². The number of carbonyl (C=O) groups excluding carboxylic acids is 1. The fraction of sp³-hybridized carbons (Fsp3) is 0.467. The second-order valence-electron chi connectivity index (χ2n) is 5.63. The third-order valence-corrected chi connectivity index (χ3v) is 5.49. The van der Waals surface area contributed by atoms with Crippen LogP contribution in [0.4, 0.5) is 0 Å². The summed E-state index contributed by atoms with van der Waals surface area (Å²) < 4.78 is 4.64. The van der Waals surface area contributed by atoms with Crippen LogP contribution >= 0.6 is 22.7 Å². The maximum atomic E-state index is 11.1. The molecule has 0 spiro atoms. The molecule has 0 unspecified atom stereocenters. The van der Waals surface area contributed by atoms with E-state index in [1.807, 2.05) is 5.38 Å². The maximum Gasteiger partial charge on any atom is 0.305 e. The molecule has 0 radical (unpaired) electrons. The first-order valence-electron chi connectivity index (χ1n) is 6.52. The van der Waals surface area contributed by atoms with E-state index < -0.39 is 0 Å². The summed E-state index contributed by atoms with van der Waals surface area (Å²) in [6.45, 7) is 6.64. The van der Waals surface area contributed by atoms with Gasteiger partial charge in [-0.15, -0.1) is 22.7 Å². The molecule has 0 aliphatic heterocycles. The number of rotatable bonds is 4. The molecule has 0 amide bonds. The topological polar surface area (TPSA) is 39.2 Å². The van der Waals surface area contributed by atoms with Gasteiger partial charge in [-0.05, 0) is 17.5 Å². The number of hydrogen-bond acceptors (Lipinski definition) is 5. The molecule has 2 heterocycles. The first kappa shape index (κ1) is 15.2.